The third-order valence-corrected chi connectivity index (χ3v) is 5.73. The number of esters is 1. The van der Waals surface area contributed by atoms with Gasteiger partial charge >= 0.3 is 5.97 Å². The van der Waals surface area contributed by atoms with Gasteiger partial charge in [0.1, 0.15) is 10.6 Å². The van der Waals surface area contributed by atoms with Gasteiger partial charge in [0.2, 0.25) is 0 Å². The van der Waals surface area contributed by atoms with Crippen molar-refractivity contribution in [1.82, 2.24) is 4.90 Å². The summed E-state index contributed by atoms with van der Waals surface area (Å²) in [6, 6.07) is 9.81. The number of amides is 1. The van der Waals surface area contributed by atoms with Crippen LogP contribution in [0.5, 0.6) is 5.75 Å². The number of methoxy groups -OCH3 is 1. The zero-order valence-electron chi connectivity index (χ0n) is 15.3. The maximum atomic E-state index is 12.4. The van der Waals surface area contributed by atoms with Crippen LogP contribution in [0.1, 0.15) is 27.2 Å². The van der Waals surface area contributed by atoms with E-state index in [0.717, 1.165) is 34.6 Å². The number of ether oxygens (including phenoxy) is 2. The van der Waals surface area contributed by atoms with Gasteiger partial charge in [0.05, 0.1) is 19.6 Å². The Morgan fingerprint density at radius 2 is 2.04 bits per heavy atom. The van der Waals surface area contributed by atoms with Crippen molar-refractivity contribution in [1.29, 1.82) is 5.26 Å². The molecule has 6 nitrogen and oxygen atoms in total. The van der Waals surface area contributed by atoms with Gasteiger partial charge in [-0.3, -0.25) is 4.79 Å². The van der Waals surface area contributed by atoms with Gasteiger partial charge in [-0.1, -0.05) is 0 Å². The number of carbonyl (C=O) groups excluding carboxylic acids is 2. The summed E-state index contributed by atoms with van der Waals surface area (Å²) in [5.41, 5.74) is 3.45. The second kappa shape index (κ2) is 8.23. The molecule has 0 spiro atoms. The van der Waals surface area contributed by atoms with Crippen molar-refractivity contribution < 1.29 is 19.1 Å². The van der Waals surface area contributed by atoms with Crippen molar-refractivity contribution in [2.24, 2.45) is 0 Å². The zero-order chi connectivity index (χ0) is 19.4. The maximum Gasteiger partial charge on any atom is 0.348 e. The molecule has 0 bridgehead atoms. The first-order valence-corrected chi connectivity index (χ1v) is 9.43. The Bertz CT molecular complexity index is 913. The molecule has 0 radical (unpaired) electrons. The van der Waals surface area contributed by atoms with Gasteiger partial charge in [-0.05, 0) is 53.8 Å². The molecule has 0 aliphatic heterocycles. The zero-order valence-corrected chi connectivity index (χ0v) is 16.1. The predicted molar refractivity (Wildman–Crippen MR) is 102 cm³/mol. The molecule has 2 aromatic rings. The topological polar surface area (TPSA) is 79.6 Å². The van der Waals surface area contributed by atoms with Crippen LogP contribution >= 0.6 is 11.3 Å². The summed E-state index contributed by atoms with van der Waals surface area (Å²) in [6.07, 6.45) is 2.00. The fourth-order valence-electron chi connectivity index (χ4n) is 2.99. The molecule has 0 unspecified atom stereocenters. The summed E-state index contributed by atoms with van der Waals surface area (Å²) in [4.78, 5) is 27.3. The number of nitriles is 1. The molecular weight excluding hydrogens is 364 g/mol. The fourth-order valence-corrected chi connectivity index (χ4v) is 4.15. The van der Waals surface area contributed by atoms with Crippen LogP contribution in [0.15, 0.2) is 24.3 Å². The SMILES string of the molecule is COc1ccc2c(c1)CCc1cc(C(=O)OCC(=O)N(C)CCC#N)sc1-2. The van der Waals surface area contributed by atoms with E-state index in [-0.39, 0.29) is 18.9 Å². The number of benzene rings is 1. The number of hydrogen-bond acceptors (Lipinski definition) is 6. The van der Waals surface area contributed by atoms with Gasteiger partial charge in [0.25, 0.3) is 5.91 Å². The van der Waals surface area contributed by atoms with E-state index >= 15 is 0 Å². The molecule has 3 rings (SSSR count). The summed E-state index contributed by atoms with van der Waals surface area (Å²) in [7, 11) is 3.23. The summed E-state index contributed by atoms with van der Waals surface area (Å²) in [5.74, 6) is 0.0104. The molecule has 1 aliphatic rings. The van der Waals surface area contributed by atoms with Gasteiger partial charge in [0, 0.05) is 18.5 Å². The van der Waals surface area contributed by atoms with Crippen molar-refractivity contribution in [2.45, 2.75) is 19.3 Å². The molecular formula is C20H20N2O4S. The molecule has 1 aromatic carbocycles. The Morgan fingerprint density at radius 1 is 1.26 bits per heavy atom. The molecule has 140 valence electrons. The highest BCUT2D eigenvalue weighted by atomic mass is 32.1. The highest BCUT2D eigenvalue weighted by Gasteiger charge is 2.23. The van der Waals surface area contributed by atoms with E-state index in [1.807, 2.05) is 30.3 Å². The number of nitrogens with zero attached hydrogens (tertiary/aromatic N) is 2. The van der Waals surface area contributed by atoms with Crippen LogP contribution in [0.3, 0.4) is 0 Å². The van der Waals surface area contributed by atoms with Crippen LogP contribution in [0.25, 0.3) is 10.4 Å². The van der Waals surface area contributed by atoms with Crippen LogP contribution in [-0.2, 0) is 22.4 Å². The number of carbonyl (C=O) groups is 2. The number of hydrogen-bond donors (Lipinski definition) is 0. The Labute approximate surface area is 161 Å². The Hall–Kier alpha value is -2.85. The minimum atomic E-state index is -0.494. The van der Waals surface area contributed by atoms with Crippen LogP contribution in [0.2, 0.25) is 0 Å². The molecule has 7 heteroatoms. The third-order valence-electron chi connectivity index (χ3n) is 4.54. The summed E-state index contributed by atoms with van der Waals surface area (Å²) < 4.78 is 10.5. The molecule has 0 saturated carbocycles. The monoisotopic (exact) mass is 384 g/mol. The van der Waals surface area contributed by atoms with Crippen molar-refractivity contribution in [3.8, 4) is 22.3 Å². The van der Waals surface area contributed by atoms with Crippen LogP contribution in [-0.4, -0.2) is 44.1 Å². The standard InChI is InChI=1S/C20H20N2O4S/c1-22(9-3-8-21)18(23)12-26-20(24)17-11-14-5-4-13-10-15(25-2)6-7-16(13)19(14)27-17/h6-7,10-11H,3-5,9,12H2,1-2H3. The molecule has 1 aliphatic carbocycles. The fraction of sp³-hybridized carbons (Fsp3) is 0.350. The van der Waals surface area contributed by atoms with Crippen molar-refractivity contribution in [2.75, 3.05) is 27.3 Å². The second-order valence-electron chi connectivity index (χ2n) is 6.29. The van der Waals surface area contributed by atoms with E-state index in [1.165, 1.54) is 21.8 Å². The third kappa shape index (κ3) is 4.12. The number of rotatable bonds is 6. The van der Waals surface area contributed by atoms with Gasteiger partial charge in [-0.15, -0.1) is 11.3 Å². The number of likely N-dealkylation sites (N-methyl/N-ethyl adjacent to an activating group) is 1. The average molecular weight is 384 g/mol. The van der Waals surface area contributed by atoms with Crippen molar-refractivity contribution in [3.05, 3.63) is 40.3 Å². The quantitative estimate of drug-likeness (QED) is 0.715. The first-order chi connectivity index (χ1) is 13.0. The summed E-state index contributed by atoms with van der Waals surface area (Å²) in [6.45, 7) is -0.00244. The predicted octanol–water partition coefficient (Wildman–Crippen LogP) is 3.05. The summed E-state index contributed by atoms with van der Waals surface area (Å²) >= 11 is 1.39. The van der Waals surface area contributed by atoms with Crippen molar-refractivity contribution in [3.63, 3.8) is 0 Å². The molecule has 1 heterocycles. The van der Waals surface area contributed by atoms with E-state index in [9.17, 15) is 9.59 Å². The largest absolute Gasteiger partial charge is 0.497 e. The van der Waals surface area contributed by atoms with Gasteiger partial charge in [-0.2, -0.15) is 5.26 Å². The lowest BCUT2D eigenvalue weighted by atomic mass is 9.91. The molecule has 0 atom stereocenters. The number of aryl methyl sites for hydroxylation is 2. The van der Waals surface area contributed by atoms with Crippen molar-refractivity contribution >= 4 is 23.2 Å². The maximum absolute atomic E-state index is 12.4. The Morgan fingerprint density at radius 3 is 2.78 bits per heavy atom. The highest BCUT2D eigenvalue weighted by Crippen LogP contribution is 2.40. The molecule has 1 aromatic heterocycles. The van der Waals surface area contributed by atoms with E-state index in [1.54, 1.807) is 14.2 Å². The molecule has 1 amide bonds. The minimum Gasteiger partial charge on any atom is -0.497 e. The Balaban J connectivity index is 1.69. The lowest BCUT2D eigenvalue weighted by Gasteiger charge is -2.16. The Kier molecular flexibility index (Phi) is 5.77. The highest BCUT2D eigenvalue weighted by molar-refractivity contribution is 7.17. The minimum absolute atomic E-state index is 0.248. The van der Waals surface area contributed by atoms with Crippen LogP contribution in [0.4, 0.5) is 0 Å². The smallest absolute Gasteiger partial charge is 0.348 e. The van der Waals surface area contributed by atoms with Gasteiger partial charge in [0.15, 0.2) is 6.61 Å². The second-order valence-corrected chi connectivity index (χ2v) is 7.34. The summed E-state index contributed by atoms with van der Waals surface area (Å²) in [5, 5.41) is 8.56. The van der Waals surface area contributed by atoms with E-state index in [0.29, 0.717) is 11.4 Å². The number of fused-ring (bicyclic) bond motifs is 3. The van der Waals surface area contributed by atoms with E-state index in [2.05, 4.69) is 0 Å². The van der Waals surface area contributed by atoms with E-state index in [4.69, 9.17) is 14.7 Å². The average Bonchev–Trinajstić information content (AvgIpc) is 3.14. The lowest BCUT2D eigenvalue weighted by Crippen LogP contribution is -2.31. The van der Waals surface area contributed by atoms with Crippen LogP contribution in [0, 0.1) is 11.3 Å². The first kappa shape index (κ1) is 18.9. The van der Waals surface area contributed by atoms with Gasteiger partial charge < -0.3 is 14.4 Å². The van der Waals surface area contributed by atoms with E-state index < -0.39 is 5.97 Å². The number of thiophene rings is 1. The lowest BCUT2D eigenvalue weighted by molar-refractivity contribution is -0.133. The normalized spacial score (nSPS) is 11.7. The molecule has 0 saturated heterocycles. The molecule has 27 heavy (non-hydrogen) atoms. The molecule has 0 N–H and O–H groups in total. The molecule has 0 fully saturated rings. The van der Waals surface area contributed by atoms with Gasteiger partial charge in [-0.25, -0.2) is 4.79 Å². The van der Waals surface area contributed by atoms with Crippen LogP contribution < -0.4 is 4.74 Å². The first-order valence-electron chi connectivity index (χ1n) is 8.61.